The number of alkyl halides is 3. The van der Waals surface area contributed by atoms with Crippen LogP contribution in [0, 0.1) is 5.92 Å². The summed E-state index contributed by atoms with van der Waals surface area (Å²) >= 11 is 0. The number of ether oxygens (including phenoxy) is 1. The lowest BCUT2D eigenvalue weighted by molar-refractivity contribution is -0.0424. The monoisotopic (exact) mass is 154 g/mol. The van der Waals surface area contributed by atoms with E-state index in [1.807, 2.05) is 0 Å². The Balaban J connectivity index is 2.07. The molecule has 4 heteroatoms. The molecule has 60 valence electrons. The Morgan fingerprint density at radius 2 is 2.20 bits per heavy atom. The maximum atomic E-state index is 12.0. The molecule has 1 aliphatic carbocycles. The fraction of sp³-hybridized carbons (Fsp3) is 1.00. The molecule has 1 saturated carbocycles. The molecule has 1 nitrogen and oxygen atoms in total. The average molecular weight is 154 g/mol. The van der Waals surface area contributed by atoms with Gasteiger partial charge in [0.15, 0.2) is 6.36 Å². The third kappa shape index (κ3) is 1.87. The second-order valence-electron chi connectivity index (χ2n) is 2.54. The number of rotatable bonds is 3. The van der Waals surface area contributed by atoms with Crippen molar-refractivity contribution in [1.82, 2.24) is 0 Å². The molecule has 2 atom stereocenters. The van der Waals surface area contributed by atoms with E-state index in [4.69, 9.17) is 0 Å². The highest BCUT2D eigenvalue weighted by Gasteiger charge is 2.56. The largest absolute Gasteiger partial charge is 0.348 e. The molecule has 0 N–H and O–H groups in total. The summed E-state index contributed by atoms with van der Waals surface area (Å²) in [6, 6.07) is 0. The van der Waals surface area contributed by atoms with E-state index >= 15 is 0 Å². The van der Waals surface area contributed by atoms with E-state index in [0.29, 0.717) is 0 Å². The topological polar surface area (TPSA) is 9.23 Å². The van der Waals surface area contributed by atoms with Crippen molar-refractivity contribution in [2.45, 2.75) is 25.6 Å². The van der Waals surface area contributed by atoms with Gasteiger partial charge in [0, 0.05) is 6.42 Å². The number of hydrogen-bond donors (Lipinski definition) is 0. The number of halogens is 3. The Bertz CT molecular complexity index is 124. The molecule has 0 radical (unpaired) electrons. The van der Waals surface area contributed by atoms with Gasteiger partial charge in [0.05, 0.1) is 12.5 Å². The summed E-state index contributed by atoms with van der Waals surface area (Å²) in [5.41, 5.74) is 0. The van der Waals surface area contributed by atoms with Crippen LogP contribution in [0.3, 0.4) is 0 Å². The Hall–Kier alpha value is -0.250. The van der Waals surface area contributed by atoms with E-state index in [-0.39, 0.29) is 13.0 Å². The van der Waals surface area contributed by atoms with Crippen molar-refractivity contribution in [2.24, 2.45) is 5.92 Å². The standard InChI is InChI=1S/C6H9F3O/c1-4(7)10-3-5-2-6(5,8)9/h4-5H,2-3H2,1H3. The van der Waals surface area contributed by atoms with Gasteiger partial charge in [-0.2, -0.15) is 0 Å². The molecule has 2 unspecified atom stereocenters. The van der Waals surface area contributed by atoms with E-state index in [2.05, 4.69) is 4.74 Å². The van der Waals surface area contributed by atoms with Crippen LogP contribution >= 0.6 is 0 Å². The van der Waals surface area contributed by atoms with Crippen LogP contribution < -0.4 is 0 Å². The van der Waals surface area contributed by atoms with Gasteiger partial charge in [-0.3, -0.25) is 0 Å². The lowest BCUT2D eigenvalue weighted by Gasteiger charge is -2.02. The molecular weight excluding hydrogens is 145 g/mol. The summed E-state index contributed by atoms with van der Waals surface area (Å²) in [7, 11) is 0. The van der Waals surface area contributed by atoms with Crippen molar-refractivity contribution in [3.8, 4) is 0 Å². The van der Waals surface area contributed by atoms with Gasteiger partial charge in [0.1, 0.15) is 0 Å². The lowest BCUT2D eigenvalue weighted by Crippen LogP contribution is -2.07. The predicted octanol–water partition coefficient (Wildman–Crippen LogP) is 1.97. The minimum atomic E-state index is -2.59. The van der Waals surface area contributed by atoms with E-state index in [1.54, 1.807) is 0 Å². The zero-order valence-electron chi connectivity index (χ0n) is 5.61. The second-order valence-corrected chi connectivity index (χ2v) is 2.54. The molecule has 0 aromatic rings. The van der Waals surface area contributed by atoms with Crippen molar-refractivity contribution >= 4 is 0 Å². The molecule has 0 aromatic carbocycles. The van der Waals surface area contributed by atoms with Crippen LogP contribution in [0.5, 0.6) is 0 Å². The van der Waals surface area contributed by atoms with Crippen LogP contribution in [-0.2, 0) is 4.74 Å². The number of hydrogen-bond acceptors (Lipinski definition) is 1. The highest BCUT2D eigenvalue weighted by atomic mass is 19.3. The molecule has 0 bridgehead atoms. The van der Waals surface area contributed by atoms with E-state index in [1.165, 1.54) is 6.92 Å². The summed E-state index contributed by atoms with van der Waals surface area (Å²) in [5, 5.41) is 0. The van der Waals surface area contributed by atoms with Gasteiger partial charge < -0.3 is 4.74 Å². The molecule has 0 aliphatic heterocycles. The van der Waals surface area contributed by atoms with Crippen molar-refractivity contribution < 1.29 is 17.9 Å². The van der Waals surface area contributed by atoms with Crippen LogP contribution in [0.1, 0.15) is 13.3 Å². The van der Waals surface area contributed by atoms with Crippen LogP contribution in [0.15, 0.2) is 0 Å². The van der Waals surface area contributed by atoms with Crippen LogP contribution in [0.25, 0.3) is 0 Å². The molecule has 0 amide bonds. The van der Waals surface area contributed by atoms with Crippen molar-refractivity contribution in [3.63, 3.8) is 0 Å². The molecule has 1 fully saturated rings. The molecule has 1 aliphatic rings. The second kappa shape index (κ2) is 2.42. The van der Waals surface area contributed by atoms with Crippen molar-refractivity contribution in [2.75, 3.05) is 6.61 Å². The molecule has 10 heavy (non-hydrogen) atoms. The van der Waals surface area contributed by atoms with E-state index < -0.39 is 18.2 Å². The van der Waals surface area contributed by atoms with Gasteiger partial charge in [-0.25, -0.2) is 13.2 Å². The van der Waals surface area contributed by atoms with E-state index in [0.717, 1.165) is 0 Å². The summed E-state index contributed by atoms with van der Waals surface area (Å²) in [5.74, 6) is -3.33. The molecular formula is C6H9F3O. The minimum absolute atomic E-state index is 0.153. The third-order valence-corrected chi connectivity index (χ3v) is 1.48. The quantitative estimate of drug-likeness (QED) is 0.603. The van der Waals surface area contributed by atoms with Gasteiger partial charge in [-0.15, -0.1) is 0 Å². The first-order valence-electron chi connectivity index (χ1n) is 3.16. The highest BCUT2D eigenvalue weighted by molar-refractivity contribution is 4.94. The van der Waals surface area contributed by atoms with Crippen LogP contribution in [0.2, 0.25) is 0 Å². The van der Waals surface area contributed by atoms with Gasteiger partial charge in [-0.05, 0) is 6.92 Å². The normalized spacial score (nSPS) is 31.8. The van der Waals surface area contributed by atoms with Gasteiger partial charge in [-0.1, -0.05) is 0 Å². The summed E-state index contributed by atoms with van der Waals surface area (Å²) in [4.78, 5) is 0. The zero-order chi connectivity index (χ0) is 7.78. The van der Waals surface area contributed by atoms with Crippen molar-refractivity contribution in [3.05, 3.63) is 0 Å². The Kier molecular flexibility index (Phi) is 1.90. The average Bonchev–Trinajstić information content (AvgIpc) is 2.35. The smallest absolute Gasteiger partial charge is 0.253 e. The third-order valence-electron chi connectivity index (χ3n) is 1.48. The highest BCUT2D eigenvalue weighted by Crippen LogP contribution is 2.48. The Labute approximate surface area is 57.2 Å². The maximum Gasteiger partial charge on any atom is 0.253 e. The van der Waals surface area contributed by atoms with Crippen molar-refractivity contribution in [1.29, 1.82) is 0 Å². The van der Waals surface area contributed by atoms with Crippen LogP contribution in [-0.4, -0.2) is 18.9 Å². The van der Waals surface area contributed by atoms with Gasteiger partial charge >= 0.3 is 0 Å². The predicted molar refractivity (Wildman–Crippen MR) is 29.6 cm³/mol. The minimum Gasteiger partial charge on any atom is -0.348 e. The molecule has 0 aromatic heterocycles. The van der Waals surface area contributed by atoms with E-state index in [9.17, 15) is 13.2 Å². The maximum absolute atomic E-state index is 12.0. The van der Waals surface area contributed by atoms with Gasteiger partial charge in [0.25, 0.3) is 5.92 Å². The Morgan fingerprint density at radius 1 is 1.70 bits per heavy atom. The molecule has 1 rings (SSSR count). The molecule has 0 heterocycles. The first-order valence-corrected chi connectivity index (χ1v) is 3.16. The Morgan fingerprint density at radius 3 is 2.50 bits per heavy atom. The fourth-order valence-corrected chi connectivity index (χ4v) is 0.699. The lowest BCUT2D eigenvalue weighted by atomic mass is 10.4. The first kappa shape index (κ1) is 7.85. The fourth-order valence-electron chi connectivity index (χ4n) is 0.699. The molecule has 0 saturated heterocycles. The summed E-state index contributed by atoms with van der Waals surface area (Å²) in [6.07, 6.45) is -1.59. The molecule has 0 spiro atoms. The summed E-state index contributed by atoms with van der Waals surface area (Å²) < 4.78 is 40.3. The summed E-state index contributed by atoms with van der Waals surface area (Å²) in [6.45, 7) is 1.02. The zero-order valence-corrected chi connectivity index (χ0v) is 5.61. The first-order chi connectivity index (χ1) is 4.52. The SMILES string of the molecule is CC(F)OCC1CC1(F)F. The van der Waals surface area contributed by atoms with Crippen LogP contribution in [0.4, 0.5) is 13.2 Å². The van der Waals surface area contributed by atoms with Gasteiger partial charge in [0.2, 0.25) is 0 Å².